The lowest BCUT2D eigenvalue weighted by molar-refractivity contribution is -0.130. The van der Waals surface area contributed by atoms with Gasteiger partial charge in [0.25, 0.3) is 0 Å². The number of amides is 1. The van der Waals surface area contributed by atoms with Crippen molar-refractivity contribution in [2.75, 3.05) is 13.6 Å². The van der Waals surface area contributed by atoms with Crippen molar-refractivity contribution in [2.45, 2.75) is 25.3 Å². The number of carbonyl (C=O) groups is 1. The molecule has 1 aliphatic carbocycles. The minimum absolute atomic E-state index is 0.186. The fraction of sp³-hybridized carbons (Fsp3) is 0.389. The Kier molecular flexibility index (Phi) is 3.93. The predicted molar refractivity (Wildman–Crippen MR) is 86.0 cm³/mol. The molecule has 2 aromatic carbocycles. The second-order valence-corrected chi connectivity index (χ2v) is 6.23. The summed E-state index contributed by atoms with van der Waals surface area (Å²) in [6.07, 6.45) is 2.57. The minimum atomic E-state index is 0.186. The molecule has 3 heteroatoms. The van der Waals surface area contributed by atoms with Crippen LogP contribution in [-0.4, -0.2) is 30.4 Å². The third kappa shape index (κ3) is 3.24. The van der Waals surface area contributed by atoms with Gasteiger partial charge in [0.1, 0.15) is 0 Å². The number of likely N-dealkylation sites (N-methyl/N-ethyl adjacent to an activating group) is 1. The van der Waals surface area contributed by atoms with Crippen LogP contribution in [0.2, 0.25) is 0 Å². The predicted octanol–water partition coefficient (Wildman–Crippen LogP) is 2.58. The number of rotatable bonds is 4. The molecular weight excluding hydrogens is 260 g/mol. The first-order valence-electron chi connectivity index (χ1n) is 7.59. The monoisotopic (exact) mass is 282 g/mol. The summed E-state index contributed by atoms with van der Waals surface area (Å²) in [7, 11) is 1.90. The number of nitrogens with two attached hydrogens (primary N) is 1. The zero-order chi connectivity index (χ0) is 14.8. The maximum atomic E-state index is 12.3. The first kappa shape index (κ1) is 14.1. The topological polar surface area (TPSA) is 46.3 Å². The number of carbonyl (C=O) groups excluding carboxylic acids is 1. The molecule has 0 bridgehead atoms. The van der Waals surface area contributed by atoms with Gasteiger partial charge < -0.3 is 10.6 Å². The lowest BCUT2D eigenvalue weighted by atomic mass is 9.80. The minimum Gasteiger partial charge on any atom is -0.345 e. The van der Waals surface area contributed by atoms with Crippen LogP contribution in [0.25, 0.3) is 10.8 Å². The zero-order valence-electron chi connectivity index (χ0n) is 12.5. The Labute approximate surface area is 125 Å². The highest BCUT2D eigenvalue weighted by Gasteiger charge is 2.27. The molecule has 0 spiro atoms. The van der Waals surface area contributed by atoms with Crippen molar-refractivity contribution in [2.24, 2.45) is 11.7 Å². The van der Waals surface area contributed by atoms with Gasteiger partial charge in [-0.3, -0.25) is 4.79 Å². The Hall–Kier alpha value is -1.87. The van der Waals surface area contributed by atoms with Gasteiger partial charge in [-0.2, -0.15) is 0 Å². The fourth-order valence-electron chi connectivity index (χ4n) is 3.08. The molecule has 1 aliphatic rings. The quantitative estimate of drug-likeness (QED) is 0.937. The molecule has 3 rings (SSSR count). The number of benzene rings is 2. The van der Waals surface area contributed by atoms with Crippen LogP contribution in [0.5, 0.6) is 0 Å². The van der Waals surface area contributed by atoms with E-state index in [1.807, 2.05) is 30.1 Å². The van der Waals surface area contributed by atoms with E-state index >= 15 is 0 Å². The van der Waals surface area contributed by atoms with E-state index in [1.54, 1.807) is 0 Å². The first-order valence-corrected chi connectivity index (χ1v) is 7.59. The summed E-state index contributed by atoms with van der Waals surface area (Å²) in [6, 6.07) is 14.8. The zero-order valence-corrected chi connectivity index (χ0v) is 12.5. The van der Waals surface area contributed by atoms with Crippen molar-refractivity contribution in [3.63, 3.8) is 0 Å². The van der Waals surface area contributed by atoms with E-state index in [1.165, 1.54) is 10.8 Å². The molecule has 0 aromatic heterocycles. The summed E-state index contributed by atoms with van der Waals surface area (Å²) in [5.41, 5.74) is 6.87. The number of hydrogen-bond donors (Lipinski definition) is 1. The van der Waals surface area contributed by atoms with Crippen molar-refractivity contribution in [1.82, 2.24) is 4.90 Å². The third-order valence-corrected chi connectivity index (χ3v) is 4.40. The maximum absolute atomic E-state index is 12.3. The standard InChI is InChI=1S/C18H22N2O/c1-20(12-14-9-17(19)10-14)18(21)11-13-6-7-15-4-2-3-5-16(15)8-13/h2-8,14,17H,9-12,19H2,1H3. The Morgan fingerprint density at radius 2 is 1.90 bits per heavy atom. The van der Waals surface area contributed by atoms with Crippen LogP contribution in [0.1, 0.15) is 18.4 Å². The van der Waals surface area contributed by atoms with Crippen molar-refractivity contribution >= 4 is 16.7 Å². The highest BCUT2D eigenvalue weighted by atomic mass is 16.2. The Balaban J connectivity index is 1.62. The third-order valence-electron chi connectivity index (χ3n) is 4.40. The van der Waals surface area contributed by atoms with Crippen LogP contribution < -0.4 is 5.73 Å². The summed E-state index contributed by atoms with van der Waals surface area (Å²) in [6.45, 7) is 0.833. The van der Waals surface area contributed by atoms with E-state index in [9.17, 15) is 4.79 Å². The van der Waals surface area contributed by atoms with Gasteiger partial charge in [0.05, 0.1) is 6.42 Å². The van der Waals surface area contributed by atoms with Gasteiger partial charge in [0, 0.05) is 19.6 Å². The summed E-state index contributed by atoms with van der Waals surface area (Å²) in [5, 5.41) is 2.40. The average molecular weight is 282 g/mol. The van der Waals surface area contributed by atoms with E-state index in [2.05, 4.69) is 24.3 Å². The Morgan fingerprint density at radius 3 is 2.62 bits per heavy atom. The normalized spacial score (nSPS) is 21.0. The summed E-state index contributed by atoms with van der Waals surface area (Å²) in [5.74, 6) is 0.774. The van der Waals surface area contributed by atoms with Crippen LogP contribution in [0.15, 0.2) is 42.5 Å². The molecule has 0 radical (unpaired) electrons. The Morgan fingerprint density at radius 1 is 1.19 bits per heavy atom. The van der Waals surface area contributed by atoms with Crippen LogP contribution in [0, 0.1) is 5.92 Å². The van der Waals surface area contributed by atoms with Crippen LogP contribution >= 0.6 is 0 Å². The molecule has 1 saturated carbocycles. The molecule has 0 atom stereocenters. The SMILES string of the molecule is CN(CC1CC(N)C1)C(=O)Cc1ccc2ccccc2c1. The van der Waals surface area contributed by atoms with Crippen molar-refractivity contribution in [3.8, 4) is 0 Å². The van der Waals surface area contributed by atoms with Gasteiger partial charge in [-0.05, 0) is 35.1 Å². The average Bonchev–Trinajstić information content (AvgIpc) is 2.45. The summed E-state index contributed by atoms with van der Waals surface area (Å²) < 4.78 is 0. The second kappa shape index (κ2) is 5.86. The molecule has 3 nitrogen and oxygen atoms in total. The lowest BCUT2D eigenvalue weighted by Gasteiger charge is -2.35. The smallest absolute Gasteiger partial charge is 0.226 e. The summed E-state index contributed by atoms with van der Waals surface area (Å²) >= 11 is 0. The van der Waals surface area contributed by atoms with Gasteiger partial charge in [0.2, 0.25) is 5.91 Å². The summed E-state index contributed by atoms with van der Waals surface area (Å²) in [4.78, 5) is 14.2. The lowest BCUT2D eigenvalue weighted by Crippen LogP contribution is -2.43. The number of fused-ring (bicyclic) bond motifs is 1. The van der Waals surface area contributed by atoms with Gasteiger partial charge in [0.15, 0.2) is 0 Å². The fourth-order valence-corrected chi connectivity index (χ4v) is 3.08. The van der Waals surface area contributed by atoms with Gasteiger partial charge >= 0.3 is 0 Å². The molecule has 0 unspecified atom stereocenters. The van der Waals surface area contributed by atoms with Gasteiger partial charge in [-0.25, -0.2) is 0 Å². The van der Waals surface area contributed by atoms with Gasteiger partial charge in [-0.1, -0.05) is 42.5 Å². The molecule has 0 saturated heterocycles. The molecule has 21 heavy (non-hydrogen) atoms. The van der Waals surface area contributed by atoms with Crippen LogP contribution in [-0.2, 0) is 11.2 Å². The van der Waals surface area contributed by atoms with Gasteiger partial charge in [-0.15, -0.1) is 0 Å². The maximum Gasteiger partial charge on any atom is 0.226 e. The molecule has 2 aromatic rings. The largest absolute Gasteiger partial charge is 0.345 e. The highest BCUT2D eigenvalue weighted by molar-refractivity contribution is 5.85. The highest BCUT2D eigenvalue weighted by Crippen LogP contribution is 2.26. The van der Waals surface area contributed by atoms with E-state index in [-0.39, 0.29) is 5.91 Å². The number of hydrogen-bond acceptors (Lipinski definition) is 2. The second-order valence-electron chi connectivity index (χ2n) is 6.23. The molecular formula is C18H22N2O. The van der Waals surface area contributed by atoms with E-state index in [0.29, 0.717) is 18.4 Å². The molecule has 0 aliphatic heterocycles. The first-order chi connectivity index (χ1) is 10.1. The molecule has 110 valence electrons. The van der Waals surface area contributed by atoms with Crippen molar-refractivity contribution in [3.05, 3.63) is 48.0 Å². The van der Waals surface area contributed by atoms with E-state index in [4.69, 9.17) is 5.73 Å². The molecule has 0 heterocycles. The molecule has 1 fully saturated rings. The van der Waals surface area contributed by atoms with Crippen molar-refractivity contribution in [1.29, 1.82) is 0 Å². The molecule has 1 amide bonds. The Bertz CT molecular complexity index is 646. The van der Waals surface area contributed by atoms with Crippen LogP contribution in [0.3, 0.4) is 0 Å². The number of nitrogens with zero attached hydrogens (tertiary/aromatic N) is 1. The van der Waals surface area contributed by atoms with E-state index in [0.717, 1.165) is 24.9 Å². The van der Waals surface area contributed by atoms with Crippen LogP contribution in [0.4, 0.5) is 0 Å². The molecule has 2 N–H and O–H groups in total. The van der Waals surface area contributed by atoms with E-state index < -0.39 is 0 Å². The van der Waals surface area contributed by atoms with Crippen molar-refractivity contribution < 1.29 is 4.79 Å².